The van der Waals surface area contributed by atoms with Crippen LogP contribution in [0.2, 0.25) is 0 Å². The molecule has 1 aliphatic heterocycles. The van der Waals surface area contributed by atoms with Crippen LogP contribution >= 0.6 is 0 Å². The number of carbonyl (C=O) groups is 1. The Hall–Kier alpha value is -4.32. The standard InChI is InChI=1S/C27H35N11O/c1-16-7-8-17(25(39)32-20-14-19(27(2,3)4)35-37(20)6)13-18(16)31-24-22-21(29-15-30-24)23(28)34-26(33-22)38-11-9-36(5)10-12-38/h7-8,13-15H,9-12H2,1-6H3,(H,32,39)(H2,28,33,34)(H,29,30,31). The van der Waals surface area contributed by atoms with Crippen LogP contribution in [-0.4, -0.2) is 73.8 Å². The smallest absolute Gasteiger partial charge is 0.256 e. The van der Waals surface area contributed by atoms with E-state index < -0.39 is 0 Å². The van der Waals surface area contributed by atoms with E-state index in [-0.39, 0.29) is 11.3 Å². The topological polar surface area (TPSA) is 143 Å². The number of likely N-dealkylation sites (N-methyl/N-ethyl adjacent to an activating group) is 1. The van der Waals surface area contributed by atoms with Crippen molar-refractivity contribution in [1.82, 2.24) is 34.6 Å². The second-order valence-electron chi connectivity index (χ2n) is 11.0. The number of nitrogens with zero attached hydrogens (tertiary/aromatic N) is 8. The zero-order chi connectivity index (χ0) is 27.9. The van der Waals surface area contributed by atoms with Gasteiger partial charge in [-0.2, -0.15) is 10.1 Å². The number of carbonyl (C=O) groups excluding carboxylic acids is 1. The van der Waals surface area contributed by atoms with Gasteiger partial charge in [0.1, 0.15) is 23.2 Å². The number of amides is 1. The van der Waals surface area contributed by atoms with E-state index in [9.17, 15) is 4.79 Å². The first-order valence-electron chi connectivity index (χ1n) is 12.9. The number of benzene rings is 1. The molecule has 3 aromatic heterocycles. The monoisotopic (exact) mass is 529 g/mol. The summed E-state index contributed by atoms with van der Waals surface area (Å²) < 4.78 is 1.68. The fourth-order valence-electron chi connectivity index (χ4n) is 4.36. The van der Waals surface area contributed by atoms with E-state index in [1.54, 1.807) is 16.8 Å². The largest absolute Gasteiger partial charge is 0.382 e. The van der Waals surface area contributed by atoms with Crippen LogP contribution in [0.25, 0.3) is 11.0 Å². The normalized spacial score (nSPS) is 14.6. The molecule has 1 aromatic carbocycles. The Labute approximate surface area is 227 Å². The van der Waals surface area contributed by atoms with E-state index in [1.807, 2.05) is 26.1 Å². The first-order valence-corrected chi connectivity index (χ1v) is 12.9. The van der Waals surface area contributed by atoms with Gasteiger partial charge in [-0.25, -0.2) is 15.0 Å². The van der Waals surface area contributed by atoms with Gasteiger partial charge >= 0.3 is 0 Å². The van der Waals surface area contributed by atoms with E-state index in [0.717, 1.165) is 43.1 Å². The molecule has 4 aromatic rings. The third-order valence-electron chi connectivity index (χ3n) is 6.93. The molecule has 0 unspecified atom stereocenters. The average Bonchev–Trinajstić information content (AvgIpc) is 3.26. The Bertz CT molecular complexity index is 1530. The molecule has 1 aliphatic rings. The number of fused-ring (bicyclic) bond motifs is 1. The number of hydrogen-bond acceptors (Lipinski definition) is 10. The van der Waals surface area contributed by atoms with Crippen LogP contribution in [-0.2, 0) is 12.5 Å². The summed E-state index contributed by atoms with van der Waals surface area (Å²) in [5, 5.41) is 10.9. The predicted octanol–water partition coefficient (Wildman–Crippen LogP) is 3.09. The lowest BCUT2D eigenvalue weighted by Crippen LogP contribution is -2.45. The van der Waals surface area contributed by atoms with Crippen molar-refractivity contribution in [1.29, 1.82) is 0 Å². The molecule has 0 bridgehead atoms. The van der Waals surface area contributed by atoms with Crippen LogP contribution in [0, 0.1) is 6.92 Å². The summed E-state index contributed by atoms with van der Waals surface area (Å²) >= 11 is 0. The predicted molar refractivity (Wildman–Crippen MR) is 154 cm³/mol. The van der Waals surface area contributed by atoms with Crippen molar-refractivity contribution in [2.45, 2.75) is 33.1 Å². The maximum absolute atomic E-state index is 13.2. The second kappa shape index (κ2) is 10.1. The van der Waals surface area contributed by atoms with Gasteiger partial charge in [-0.3, -0.25) is 9.48 Å². The molecule has 1 amide bonds. The van der Waals surface area contributed by atoms with Crippen LogP contribution in [0.3, 0.4) is 0 Å². The number of nitrogens with one attached hydrogen (secondary N) is 2. The lowest BCUT2D eigenvalue weighted by atomic mass is 9.92. The number of nitrogen functional groups attached to an aromatic ring is 1. The highest BCUT2D eigenvalue weighted by Gasteiger charge is 2.22. The maximum atomic E-state index is 13.2. The first kappa shape index (κ1) is 26.3. The van der Waals surface area contributed by atoms with Crippen molar-refractivity contribution in [3.63, 3.8) is 0 Å². The molecular formula is C27H35N11O. The first-order chi connectivity index (χ1) is 18.5. The van der Waals surface area contributed by atoms with Gasteiger partial charge in [-0.1, -0.05) is 26.8 Å². The molecule has 0 radical (unpaired) electrons. The molecule has 12 nitrogen and oxygen atoms in total. The minimum Gasteiger partial charge on any atom is -0.382 e. The number of nitrogens with two attached hydrogens (primary N) is 1. The van der Waals surface area contributed by atoms with Crippen molar-refractivity contribution < 1.29 is 4.79 Å². The SMILES string of the molecule is Cc1ccc(C(=O)Nc2cc(C(C)(C)C)nn2C)cc1Nc1ncnc2c(N)nc(N3CCN(C)CC3)nc12. The van der Waals surface area contributed by atoms with Crippen LogP contribution in [0.15, 0.2) is 30.6 Å². The number of aromatic nitrogens is 6. The Balaban J connectivity index is 1.43. The molecule has 4 N–H and O–H groups in total. The number of anilines is 5. The number of piperazine rings is 1. The molecule has 1 saturated heterocycles. The number of hydrogen-bond donors (Lipinski definition) is 3. The molecule has 39 heavy (non-hydrogen) atoms. The maximum Gasteiger partial charge on any atom is 0.256 e. The Morgan fingerprint density at radius 2 is 1.74 bits per heavy atom. The molecule has 1 fully saturated rings. The van der Waals surface area contributed by atoms with Crippen molar-refractivity contribution >= 4 is 46.0 Å². The van der Waals surface area contributed by atoms with Gasteiger partial charge in [0, 0.05) is 56.0 Å². The quantitative estimate of drug-likeness (QED) is 0.353. The fraction of sp³-hybridized carbons (Fsp3) is 0.407. The van der Waals surface area contributed by atoms with Crippen LogP contribution in [0.5, 0.6) is 0 Å². The van der Waals surface area contributed by atoms with Gasteiger partial charge in [0.15, 0.2) is 11.6 Å². The molecule has 5 rings (SSSR count). The summed E-state index contributed by atoms with van der Waals surface area (Å²) in [6.45, 7) is 11.7. The summed E-state index contributed by atoms with van der Waals surface area (Å²) in [7, 11) is 3.91. The van der Waals surface area contributed by atoms with Gasteiger partial charge in [-0.15, -0.1) is 0 Å². The third kappa shape index (κ3) is 5.46. The third-order valence-corrected chi connectivity index (χ3v) is 6.93. The lowest BCUT2D eigenvalue weighted by Gasteiger charge is -2.32. The molecule has 0 spiro atoms. The van der Waals surface area contributed by atoms with Gasteiger partial charge in [0.2, 0.25) is 5.95 Å². The second-order valence-corrected chi connectivity index (χ2v) is 11.0. The average molecular weight is 530 g/mol. The minimum atomic E-state index is -0.238. The van der Waals surface area contributed by atoms with E-state index in [0.29, 0.717) is 40.0 Å². The van der Waals surface area contributed by atoms with Gasteiger partial charge in [-0.05, 0) is 31.7 Å². The van der Waals surface area contributed by atoms with Crippen LogP contribution < -0.4 is 21.3 Å². The zero-order valence-corrected chi connectivity index (χ0v) is 23.3. The van der Waals surface area contributed by atoms with Crippen molar-refractivity contribution in [3.05, 3.63) is 47.4 Å². The molecule has 0 aliphatic carbocycles. The molecule has 12 heteroatoms. The van der Waals surface area contributed by atoms with Crippen LogP contribution in [0.4, 0.5) is 29.1 Å². The van der Waals surface area contributed by atoms with Crippen molar-refractivity contribution in [2.24, 2.45) is 7.05 Å². The highest BCUT2D eigenvalue weighted by Crippen LogP contribution is 2.29. The van der Waals surface area contributed by atoms with E-state index in [1.165, 1.54) is 6.33 Å². The van der Waals surface area contributed by atoms with E-state index in [2.05, 4.69) is 68.3 Å². The van der Waals surface area contributed by atoms with Crippen molar-refractivity contribution in [3.8, 4) is 0 Å². The molecule has 0 saturated carbocycles. The summed E-state index contributed by atoms with van der Waals surface area (Å²) in [5.41, 5.74) is 10.2. The highest BCUT2D eigenvalue weighted by molar-refractivity contribution is 6.05. The Kier molecular flexibility index (Phi) is 6.81. The van der Waals surface area contributed by atoms with E-state index >= 15 is 0 Å². The van der Waals surface area contributed by atoms with Gasteiger partial charge in [0.25, 0.3) is 5.91 Å². The van der Waals surface area contributed by atoms with Gasteiger partial charge < -0.3 is 26.2 Å². The highest BCUT2D eigenvalue weighted by atomic mass is 16.1. The lowest BCUT2D eigenvalue weighted by molar-refractivity contribution is 0.102. The Morgan fingerprint density at radius 1 is 1.00 bits per heavy atom. The summed E-state index contributed by atoms with van der Waals surface area (Å²) in [4.78, 5) is 35.7. The van der Waals surface area contributed by atoms with Crippen LogP contribution in [0.1, 0.15) is 42.4 Å². The van der Waals surface area contributed by atoms with Gasteiger partial charge in [0.05, 0.1) is 5.69 Å². The molecule has 204 valence electrons. The number of aryl methyl sites for hydroxylation is 2. The molecular weight excluding hydrogens is 494 g/mol. The molecule has 4 heterocycles. The minimum absolute atomic E-state index is 0.126. The summed E-state index contributed by atoms with van der Waals surface area (Å²) in [6, 6.07) is 7.38. The fourth-order valence-corrected chi connectivity index (χ4v) is 4.36. The zero-order valence-electron chi connectivity index (χ0n) is 23.3. The summed E-state index contributed by atoms with van der Waals surface area (Å²) in [6.07, 6.45) is 1.43. The van der Waals surface area contributed by atoms with Crippen molar-refractivity contribution in [2.75, 3.05) is 54.5 Å². The summed E-state index contributed by atoms with van der Waals surface area (Å²) in [5.74, 6) is 1.74. The molecule has 0 atom stereocenters. The Morgan fingerprint density at radius 3 is 2.44 bits per heavy atom. The number of rotatable bonds is 5. The van der Waals surface area contributed by atoms with E-state index in [4.69, 9.17) is 10.7 Å².